The molecule has 1 saturated carbocycles. The predicted octanol–water partition coefficient (Wildman–Crippen LogP) is 3.35. The number of ketones is 1. The van der Waals surface area contributed by atoms with Gasteiger partial charge in [-0.15, -0.1) is 0 Å². The lowest BCUT2D eigenvalue weighted by molar-refractivity contribution is -0.295. The van der Waals surface area contributed by atoms with Gasteiger partial charge in [0.15, 0.2) is 11.6 Å². The third-order valence-corrected chi connectivity index (χ3v) is 9.60. The van der Waals surface area contributed by atoms with E-state index in [0.717, 1.165) is 57.2 Å². The second-order valence-corrected chi connectivity index (χ2v) is 10.6. The van der Waals surface area contributed by atoms with Crippen molar-refractivity contribution in [1.29, 1.82) is 0 Å². The van der Waals surface area contributed by atoms with Gasteiger partial charge in [0.25, 0.3) is 0 Å². The smallest absolute Gasteiger partial charge is 0.309 e. The second-order valence-electron chi connectivity index (χ2n) is 10.6. The van der Waals surface area contributed by atoms with E-state index in [1.807, 2.05) is 6.92 Å². The number of hydrogen-bond acceptors (Lipinski definition) is 6. The van der Waals surface area contributed by atoms with E-state index in [1.165, 1.54) is 5.57 Å². The zero-order valence-corrected chi connectivity index (χ0v) is 19.5. The summed E-state index contributed by atoms with van der Waals surface area (Å²) in [4.78, 5) is 28.6. The molecule has 6 heteroatoms. The Hall–Kier alpha value is -1.24. The Morgan fingerprint density at radius 1 is 1.29 bits per heavy atom. The molecule has 172 valence electrons. The van der Waals surface area contributed by atoms with Gasteiger partial charge in [0.2, 0.25) is 0 Å². The van der Waals surface area contributed by atoms with Crippen LogP contribution in [0.3, 0.4) is 0 Å². The van der Waals surface area contributed by atoms with Gasteiger partial charge in [0.05, 0.1) is 19.1 Å². The molecule has 2 spiro atoms. The minimum absolute atomic E-state index is 0.0176. The Bertz CT molecular complexity index is 805. The molecule has 0 aromatic carbocycles. The van der Waals surface area contributed by atoms with Gasteiger partial charge in [-0.25, -0.2) is 0 Å². The van der Waals surface area contributed by atoms with Gasteiger partial charge in [-0.2, -0.15) is 0 Å². The SMILES string of the molecule is CCOC(=O)[C@@H]1C[C@@]23CN(C)C[C@@H](CCC4=C2[C@H]1CC4=O)[C@@]31CC[C@@](CC)(OC)OC1. The fourth-order valence-electron chi connectivity index (χ4n) is 8.22. The molecule has 3 fully saturated rings. The minimum atomic E-state index is -0.504. The van der Waals surface area contributed by atoms with Crippen LogP contribution in [0.25, 0.3) is 0 Å². The maximum absolute atomic E-state index is 13.1. The average Bonchev–Trinajstić information content (AvgIpc) is 3.23. The number of Topliss-reactive ketones (excluding diaryl/α,β-unsaturated/α-hetero) is 1. The van der Waals surface area contributed by atoms with Crippen LogP contribution in [0.15, 0.2) is 11.1 Å². The van der Waals surface area contributed by atoms with Crippen molar-refractivity contribution in [3.05, 3.63) is 11.1 Å². The molecule has 2 saturated heterocycles. The quantitative estimate of drug-likeness (QED) is 0.636. The van der Waals surface area contributed by atoms with Crippen LogP contribution in [0.4, 0.5) is 0 Å². The number of carbonyl (C=O) groups is 2. The predicted molar refractivity (Wildman–Crippen MR) is 115 cm³/mol. The normalized spacial score (nSPS) is 44.5. The van der Waals surface area contributed by atoms with E-state index in [2.05, 4.69) is 18.9 Å². The van der Waals surface area contributed by atoms with Crippen molar-refractivity contribution in [2.24, 2.45) is 28.6 Å². The van der Waals surface area contributed by atoms with Gasteiger partial charge in [-0.1, -0.05) is 12.5 Å². The first kappa shape index (κ1) is 21.6. The largest absolute Gasteiger partial charge is 0.466 e. The number of likely N-dealkylation sites (tertiary alicyclic amines) is 1. The molecule has 0 aromatic rings. The highest BCUT2D eigenvalue weighted by molar-refractivity contribution is 6.01. The maximum Gasteiger partial charge on any atom is 0.309 e. The topological polar surface area (TPSA) is 65.1 Å². The molecule has 5 rings (SSSR count). The van der Waals surface area contributed by atoms with E-state index in [0.29, 0.717) is 25.6 Å². The van der Waals surface area contributed by atoms with Crippen LogP contribution in [-0.2, 0) is 23.8 Å². The maximum atomic E-state index is 13.1. The molecule has 6 atom stereocenters. The number of hydrogen-bond donors (Lipinski definition) is 0. The van der Waals surface area contributed by atoms with Gasteiger partial charge in [-0.05, 0) is 57.6 Å². The van der Waals surface area contributed by atoms with Crippen LogP contribution in [0.2, 0.25) is 0 Å². The molecule has 2 bridgehead atoms. The summed E-state index contributed by atoms with van der Waals surface area (Å²) in [6.45, 7) is 6.96. The highest BCUT2D eigenvalue weighted by Gasteiger charge is 2.70. The monoisotopic (exact) mass is 431 g/mol. The third-order valence-electron chi connectivity index (χ3n) is 9.60. The lowest BCUT2D eigenvalue weighted by atomic mass is 9.50. The number of rotatable bonds is 4. The van der Waals surface area contributed by atoms with E-state index in [1.54, 1.807) is 7.11 Å². The van der Waals surface area contributed by atoms with Gasteiger partial charge in [0.1, 0.15) is 0 Å². The van der Waals surface area contributed by atoms with Crippen molar-refractivity contribution < 1.29 is 23.8 Å². The molecule has 2 heterocycles. The molecule has 2 aliphatic heterocycles. The summed E-state index contributed by atoms with van der Waals surface area (Å²) in [7, 11) is 3.95. The zero-order chi connectivity index (χ0) is 22.0. The summed E-state index contributed by atoms with van der Waals surface area (Å²) in [5, 5.41) is 0. The Balaban J connectivity index is 1.63. The molecular formula is C25H37NO5. The summed E-state index contributed by atoms with van der Waals surface area (Å²) in [5.74, 6) is -0.0840. The zero-order valence-electron chi connectivity index (χ0n) is 19.5. The summed E-state index contributed by atoms with van der Waals surface area (Å²) in [6, 6.07) is 0. The molecule has 6 nitrogen and oxygen atoms in total. The fourth-order valence-corrected chi connectivity index (χ4v) is 8.22. The van der Waals surface area contributed by atoms with Crippen molar-refractivity contribution in [3.63, 3.8) is 0 Å². The standard InChI is InChI=1S/C25H37NO5/c1-5-25(29-4)10-9-23(15-31-25)16-7-8-17-20(27)11-18-19(22(28)30-6-2)12-24(23,21(17)18)14-26(3)13-16/h16,18-19H,5-15H2,1-4H3/t16-,18+,19-,23+,24-,25+/m1/s1. The second kappa shape index (κ2) is 7.39. The van der Waals surface area contributed by atoms with Gasteiger partial charge < -0.3 is 19.1 Å². The van der Waals surface area contributed by atoms with E-state index in [9.17, 15) is 9.59 Å². The molecule has 0 radical (unpaired) electrons. The molecule has 5 aliphatic rings. The highest BCUT2D eigenvalue weighted by Crippen LogP contribution is 2.71. The first-order valence-electron chi connectivity index (χ1n) is 12.2. The summed E-state index contributed by atoms with van der Waals surface area (Å²) >= 11 is 0. The number of nitrogens with zero attached hydrogens (tertiary/aromatic N) is 1. The van der Waals surface area contributed by atoms with E-state index in [-0.39, 0.29) is 34.4 Å². The van der Waals surface area contributed by atoms with E-state index >= 15 is 0 Å². The van der Waals surface area contributed by atoms with Crippen LogP contribution < -0.4 is 0 Å². The number of allylic oxidation sites excluding steroid dienone is 1. The number of piperidine rings is 1. The first-order chi connectivity index (χ1) is 14.9. The van der Waals surface area contributed by atoms with Crippen molar-refractivity contribution in [1.82, 2.24) is 4.90 Å². The molecular weight excluding hydrogens is 394 g/mol. The molecule has 0 N–H and O–H groups in total. The van der Waals surface area contributed by atoms with Gasteiger partial charge in [-0.3, -0.25) is 9.59 Å². The molecule has 3 aliphatic carbocycles. The van der Waals surface area contributed by atoms with Crippen LogP contribution in [0.5, 0.6) is 0 Å². The van der Waals surface area contributed by atoms with Gasteiger partial charge >= 0.3 is 5.97 Å². The Morgan fingerprint density at radius 2 is 2.10 bits per heavy atom. The molecule has 31 heavy (non-hydrogen) atoms. The van der Waals surface area contributed by atoms with Crippen molar-refractivity contribution in [3.8, 4) is 0 Å². The first-order valence-corrected chi connectivity index (χ1v) is 12.2. The van der Waals surface area contributed by atoms with Crippen LogP contribution in [0.1, 0.15) is 58.8 Å². The molecule has 0 amide bonds. The van der Waals surface area contributed by atoms with E-state index < -0.39 is 5.79 Å². The van der Waals surface area contributed by atoms with Crippen LogP contribution in [-0.4, -0.2) is 62.9 Å². The Kier molecular flexibility index (Phi) is 5.15. The number of ether oxygens (including phenoxy) is 3. The van der Waals surface area contributed by atoms with Gasteiger partial charge in [0, 0.05) is 49.8 Å². The Labute approximate surface area is 185 Å². The van der Waals surface area contributed by atoms with Crippen molar-refractivity contribution >= 4 is 11.8 Å². The fraction of sp³-hybridized carbons (Fsp3) is 0.840. The number of methoxy groups -OCH3 is 1. The van der Waals surface area contributed by atoms with Crippen LogP contribution >= 0.6 is 0 Å². The third kappa shape index (κ3) is 2.80. The number of carbonyl (C=O) groups excluding carboxylic acids is 2. The minimum Gasteiger partial charge on any atom is -0.466 e. The average molecular weight is 432 g/mol. The van der Waals surface area contributed by atoms with Crippen molar-refractivity contribution in [2.45, 2.75) is 64.6 Å². The molecule has 0 unspecified atom stereocenters. The summed E-state index contributed by atoms with van der Waals surface area (Å²) in [5.41, 5.74) is 2.14. The molecule has 0 aromatic heterocycles. The highest BCUT2D eigenvalue weighted by atomic mass is 16.7. The van der Waals surface area contributed by atoms with E-state index in [4.69, 9.17) is 14.2 Å². The summed E-state index contributed by atoms with van der Waals surface area (Å²) < 4.78 is 17.9. The van der Waals surface area contributed by atoms with Crippen molar-refractivity contribution in [2.75, 3.05) is 40.5 Å². The Morgan fingerprint density at radius 3 is 2.74 bits per heavy atom. The lowest BCUT2D eigenvalue weighted by Gasteiger charge is -2.62. The lowest BCUT2D eigenvalue weighted by Crippen LogP contribution is -2.64. The van der Waals surface area contributed by atoms with Crippen LogP contribution in [0, 0.1) is 28.6 Å². The number of esters is 1. The summed E-state index contributed by atoms with van der Waals surface area (Å²) in [6.07, 6.45) is 5.89.